The van der Waals surface area contributed by atoms with Gasteiger partial charge in [-0.2, -0.15) is 0 Å². The molecule has 0 aromatic carbocycles. The highest BCUT2D eigenvalue weighted by atomic mass is 127. The summed E-state index contributed by atoms with van der Waals surface area (Å²) in [7, 11) is 0. The molecular formula is C34H48Cl2IN5O5. The van der Waals surface area contributed by atoms with Gasteiger partial charge in [0.05, 0.1) is 6.04 Å². The van der Waals surface area contributed by atoms with Gasteiger partial charge in [0.25, 0.3) is 5.91 Å². The van der Waals surface area contributed by atoms with E-state index < -0.39 is 57.3 Å². The summed E-state index contributed by atoms with van der Waals surface area (Å²) in [5.41, 5.74) is -0.893. The summed E-state index contributed by atoms with van der Waals surface area (Å²) in [6.07, 6.45) is 10.9. The minimum atomic E-state index is -1.21. The standard InChI is InChI=1S/C34H48Cl2IN5O5/c1-5-7-9-23(26(43)29(45)38-10-8-6-2)39-28(44)25-24-22(34(24,35)36)17-42(25)30(46)27(32(3,4)18-37)40-31(47)41-33-14-19-11-20(15-33)13-21(12-19)16-33/h5-6,19-25,27H,1-2,7-18H2,3-4H3,(H,38,45)(H,39,44)(H2,40,41,47)/t19?,20?,21?,22-,23?,24?,25-,27+,33?/m0/s1. The molecule has 5 atom stereocenters. The van der Waals surface area contributed by atoms with E-state index >= 15 is 0 Å². The topological polar surface area (TPSA) is 137 Å². The van der Waals surface area contributed by atoms with Crippen molar-refractivity contribution in [1.82, 2.24) is 26.2 Å². The van der Waals surface area contributed by atoms with Crippen LogP contribution in [0.5, 0.6) is 0 Å². The van der Waals surface area contributed by atoms with Gasteiger partial charge in [-0.1, -0.05) is 48.6 Å². The van der Waals surface area contributed by atoms with Crippen molar-refractivity contribution in [2.45, 2.75) is 99.6 Å². The van der Waals surface area contributed by atoms with Gasteiger partial charge >= 0.3 is 6.03 Å². The van der Waals surface area contributed by atoms with E-state index in [0.29, 0.717) is 35.0 Å². The average molecular weight is 805 g/mol. The molecule has 13 heteroatoms. The zero-order chi connectivity index (χ0) is 34.3. The maximum Gasteiger partial charge on any atom is 0.315 e. The number of ketones is 1. The van der Waals surface area contributed by atoms with Crippen molar-refractivity contribution in [1.29, 1.82) is 0 Å². The smallest absolute Gasteiger partial charge is 0.315 e. The lowest BCUT2D eigenvalue weighted by atomic mass is 9.53. The second-order valence-electron chi connectivity index (χ2n) is 15.2. The van der Waals surface area contributed by atoms with Crippen molar-refractivity contribution in [2.75, 3.05) is 17.5 Å². The minimum Gasteiger partial charge on any atom is -0.349 e. The van der Waals surface area contributed by atoms with Crippen LogP contribution in [-0.4, -0.2) is 80.0 Å². The molecular weight excluding hydrogens is 756 g/mol. The molecule has 6 rings (SSSR count). The molecule has 5 saturated carbocycles. The van der Waals surface area contributed by atoms with Crippen molar-refractivity contribution < 1.29 is 24.0 Å². The van der Waals surface area contributed by atoms with Gasteiger partial charge in [0.2, 0.25) is 17.6 Å². The number of piperidine rings is 1. The Kier molecular flexibility index (Phi) is 11.0. The van der Waals surface area contributed by atoms with Crippen LogP contribution < -0.4 is 21.3 Å². The molecule has 2 unspecified atom stereocenters. The summed E-state index contributed by atoms with van der Waals surface area (Å²) >= 11 is 15.4. The number of carbonyl (C=O) groups is 5. The number of urea groups is 1. The van der Waals surface area contributed by atoms with Crippen molar-refractivity contribution in [2.24, 2.45) is 35.0 Å². The Hall–Kier alpha value is -1.86. The van der Waals surface area contributed by atoms with Gasteiger partial charge in [0.1, 0.15) is 16.4 Å². The van der Waals surface area contributed by atoms with Crippen LogP contribution in [0.3, 0.4) is 0 Å². The number of carbonyl (C=O) groups excluding carboxylic acids is 5. The molecule has 6 fully saturated rings. The normalized spacial score (nSPS) is 32.4. The average Bonchev–Trinajstić information content (AvgIpc) is 3.31. The molecule has 6 aliphatic rings. The van der Waals surface area contributed by atoms with E-state index in [0.717, 1.165) is 19.3 Å². The molecule has 1 saturated heterocycles. The maximum absolute atomic E-state index is 14.5. The summed E-state index contributed by atoms with van der Waals surface area (Å²) < 4.78 is -0.649. The number of nitrogens with zero attached hydrogens (tertiary/aromatic N) is 1. The van der Waals surface area contributed by atoms with Gasteiger partial charge in [0.15, 0.2) is 0 Å². The van der Waals surface area contributed by atoms with Crippen LogP contribution in [0.1, 0.15) is 71.6 Å². The third-order valence-electron chi connectivity index (χ3n) is 11.1. The first kappa shape index (κ1) is 36.4. The van der Waals surface area contributed by atoms with E-state index in [2.05, 4.69) is 57.0 Å². The number of hydrogen-bond acceptors (Lipinski definition) is 5. The highest BCUT2D eigenvalue weighted by molar-refractivity contribution is 14.1. The molecule has 1 aliphatic heterocycles. The first-order valence-corrected chi connectivity index (χ1v) is 19.1. The number of Topliss-reactive ketones (excluding diaryl/α,β-unsaturated/α-hetero) is 1. The molecule has 0 radical (unpaired) electrons. The van der Waals surface area contributed by atoms with Crippen molar-refractivity contribution in [3.63, 3.8) is 0 Å². The van der Waals surface area contributed by atoms with Crippen LogP contribution in [0.4, 0.5) is 4.79 Å². The summed E-state index contributed by atoms with van der Waals surface area (Å²) in [6, 6.07) is -3.51. The molecule has 4 N–H and O–H groups in total. The molecule has 4 bridgehead atoms. The third-order valence-corrected chi connectivity index (χ3v) is 14.1. The molecule has 47 heavy (non-hydrogen) atoms. The SMILES string of the molecule is C=CCCNC(=O)C(=O)C(CCC=C)NC(=O)[C@@H]1C2[C@H](CN1C(=O)[C@@H](NC(=O)NC13CC4CC(CC(C4)C1)C3)C(C)(C)CI)C2(Cl)Cl. The Morgan fingerprint density at radius 2 is 1.57 bits per heavy atom. The van der Waals surface area contributed by atoms with Gasteiger partial charge in [0, 0.05) is 40.3 Å². The summed E-state index contributed by atoms with van der Waals surface area (Å²) in [5, 5.41) is 11.6. The molecule has 10 nitrogen and oxygen atoms in total. The Morgan fingerprint density at radius 3 is 2.13 bits per heavy atom. The first-order valence-electron chi connectivity index (χ1n) is 16.8. The van der Waals surface area contributed by atoms with Crippen LogP contribution in [-0.2, 0) is 19.2 Å². The second kappa shape index (κ2) is 14.2. The number of amides is 5. The summed E-state index contributed by atoms with van der Waals surface area (Å²) in [4.78, 5) is 69.3. The second-order valence-corrected chi connectivity index (χ2v) is 17.4. The van der Waals surface area contributed by atoms with E-state index in [1.54, 1.807) is 12.2 Å². The Bertz CT molecular complexity index is 1270. The summed E-state index contributed by atoms with van der Waals surface area (Å²) in [6.45, 7) is 11.5. The molecule has 0 aromatic heterocycles. The van der Waals surface area contributed by atoms with Crippen molar-refractivity contribution >= 4 is 75.3 Å². The monoisotopic (exact) mass is 803 g/mol. The van der Waals surface area contributed by atoms with Gasteiger partial charge in [-0.15, -0.1) is 36.4 Å². The Balaban J connectivity index is 1.32. The maximum atomic E-state index is 14.5. The van der Waals surface area contributed by atoms with Crippen LogP contribution in [0.25, 0.3) is 0 Å². The number of fused-ring (bicyclic) bond motifs is 1. The quantitative estimate of drug-likeness (QED) is 0.0639. The van der Waals surface area contributed by atoms with Gasteiger partial charge in [-0.25, -0.2) is 4.79 Å². The Labute approximate surface area is 301 Å². The zero-order valence-electron chi connectivity index (χ0n) is 27.3. The number of likely N-dealkylation sites (tertiary alicyclic amines) is 1. The zero-order valence-corrected chi connectivity index (χ0v) is 31.0. The number of rotatable bonds is 15. The van der Waals surface area contributed by atoms with Crippen LogP contribution in [0.2, 0.25) is 0 Å². The van der Waals surface area contributed by atoms with Crippen molar-refractivity contribution in [3.8, 4) is 0 Å². The fraction of sp³-hybridized carbons (Fsp3) is 0.735. The van der Waals surface area contributed by atoms with Gasteiger partial charge in [-0.05, 0) is 75.5 Å². The van der Waals surface area contributed by atoms with E-state index in [1.165, 1.54) is 24.2 Å². The predicted molar refractivity (Wildman–Crippen MR) is 190 cm³/mol. The molecule has 0 aromatic rings. The molecule has 5 aliphatic carbocycles. The van der Waals surface area contributed by atoms with Crippen molar-refractivity contribution in [3.05, 3.63) is 25.3 Å². The Morgan fingerprint density at radius 1 is 0.979 bits per heavy atom. The van der Waals surface area contributed by atoms with Gasteiger partial charge < -0.3 is 26.2 Å². The molecule has 5 amide bonds. The van der Waals surface area contributed by atoms with Gasteiger partial charge in [-0.3, -0.25) is 19.2 Å². The van der Waals surface area contributed by atoms with E-state index in [4.69, 9.17) is 23.2 Å². The lowest BCUT2D eigenvalue weighted by Crippen LogP contribution is -2.65. The lowest BCUT2D eigenvalue weighted by Gasteiger charge is -2.56. The summed E-state index contributed by atoms with van der Waals surface area (Å²) in [5.74, 6) is -1.59. The predicted octanol–water partition coefficient (Wildman–Crippen LogP) is 4.43. The minimum absolute atomic E-state index is 0.133. The highest BCUT2D eigenvalue weighted by Gasteiger charge is 2.74. The fourth-order valence-corrected chi connectivity index (χ4v) is 10.2. The van der Waals surface area contributed by atoms with E-state index in [-0.39, 0.29) is 37.0 Å². The number of alkyl halides is 3. The largest absolute Gasteiger partial charge is 0.349 e. The number of halogens is 3. The number of allylic oxidation sites excluding steroid dienone is 1. The number of hydrogen-bond donors (Lipinski definition) is 4. The lowest BCUT2D eigenvalue weighted by molar-refractivity contribution is -0.144. The van der Waals surface area contributed by atoms with Crippen LogP contribution in [0.15, 0.2) is 25.3 Å². The third kappa shape index (κ3) is 7.51. The molecule has 0 spiro atoms. The van der Waals surface area contributed by atoms with Crippen LogP contribution in [0, 0.1) is 35.0 Å². The first-order chi connectivity index (χ1) is 22.2. The van der Waals surface area contributed by atoms with E-state index in [1.807, 2.05) is 13.8 Å². The van der Waals surface area contributed by atoms with Crippen LogP contribution >= 0.6 is 45.8 Å². The molecule has 1 heterocycles. The fourth-order valence-electron chi connectivity index (χ4n) is 8.98. The molecule has 260 valence electrons. The highest BCUT2D eigenvalue weighted by Crippen LogP contribution is 2.65. The van der Waals surface area contributed by atoms with E-state index in [9.17, 15) is 24.0 Å². The number of nitrogens with one attached hydrogen (secondary N) is 4.